The van der Waals surface area contributed by atoms with Gasteiger partial charge in [-0.1, -0.05) is 0 Å². The molecule has 0 aromatic carbocycles. The molecular formula is C10H12. The summed E-state index contributed by atoms with van der Waals surface area (Å²) in [5.74, 6) is 10.3. The molecule has 0 amide bonds. The Morgan fingerprint density at radius 1 is 0.500 bits per heavy atom. The van der Waals surface area contributed by atoms with Crippen molar-refractivity contribution in [3.63, 3.8) is 0 Å². The highest BCUT2D eigenvalue weighted by atomic mass is 14.9. The van der Waals surface area contributed by atoms with E-state index < -0.39 is 0 Å². The summed E-state index contributed by atoms with van der Waals surface area (Å²) in [4.78, 5) is 0. The SMILES string of the molecule is C1C2C1C1C3CC4C(C23)C41. The fourth-order valence-corrected chi connectivity index (χ4v) is 5.61. The van der Waals surface area contributed by atoms with Crippen LogP contribution in [-0.4, -0.2) is 0 Å². The molecule has 6 unspecified atom stereocenters. The Kier molecular flexibility index (Phi) is 0.352. The molecule has 0 saturated heterocycles. The van der Waals surface area contributed by atoms with Gasteiger partial charge in [-0.15, -0.1) is 0 Å². The first kappa shape index (κ1) is 4.13. The van der Waals surface area contributed by atoms with Gasteiger partial charge in [0.15, 0.2) is 0 Å². The third-order valence-electron chi connectivity index (χ3n) is 5.59. The van der Waals surface area contributed by atoms with Crippen molar-refractivity contribution in [3.8, 4) is 0 Å². The van der Waals surface area contributed by atoms with Gasteiger partial charge in [-0.2, -0.15) is 0 Å². The van der Waals surface area contributed by atoms with Gasteiger partial charge in [-0.05, 0) is 60.2 Å². The van der Waals surface area contributed by atoms with E-state index in [4.69, 9.17) is 0 Å². The summed E-state index contributed by atoms with van der Waals surface area (Å²) in [5.41, 5.74) is 0. The van der Waals surface area contributed by atoms with Crippen molar-refractivity contribution in [1.29, 1.82) is 0 Å². The van der Waals surface area contributed by atoms with Crippen molar-refractivity contribution in [1.82, 2.24) is 0 Å². The first-order valence-corrected chi connectivity index (χ1v) is 4.97. The third-order valence-corrected chi connectivity index (χ3v) is 5.59. The van der Waals surface area contributed by atoms with E-state index in [1.165, 1.54) is 47.3 Å². The molecule has 52 valence electrons. The largest absolute Gasteiger partial charge is 0.0465 e. The van der Waals surface area contributed by atoms with Gasteiger partial charge in [-0.3, -0.25) is 0 Å². The Bertz CT molecular complexity index is 222. The number of hydrogen-bond acceptors (Lipinski definition) is 0. The Morgan fingerprint density at radius 3 is 1.50 bits per heavy atom. The molecular weight excluding hydrogens is 120 g/mol. The maximum absolute atomic E-state index is 1.68. The molecule has 0 aromatic rings. The molecule has 6 fully saturated rings. The van der Waals surface area contributed by atoms with Crippen molar-refractivity contribution in [2.24, 2.45) is 47.3 Å². The van der Waals surface area contributed by atoms with Gasteiger partial charge in [0.1, 0.15) is 0 Å². The normalized spacial score (nSPS) is 91.2. The van der Waals surface area contributed by atoms with E-state index in [1.54, 1.807) is 12.8 Å². The molecule has 0 spiro atoms. The van der Waals surface area contributed by atoms with Gasteiger partial charge in [0.25, 0.3) is 0 Å². The van der Waals surface area contributed by atoms with Gasteiger partial charge in [0, 0.05) is 0 Å². The van der Waals surface area contributed by atoms with E-state index in [-0.39, 0.29) is 0 Å². The molecule has 0 heteroatoms. The molecule has 10 heavy (non-hydrogen) atoms. The Balaban J connectivity index is 1.88. The lowest BCUT2D eigenvalue weighted by atomic mass is 9.95. The van der Waals surface area contributed by atoms with E-state index >= 15 is 0 Å². The summed E-state index contributed by atoms with van der Waals surface area (Å²) in [7, 11) is 0. The van der Waals surface area contributed by atoms with E-state index in [1.807, 2.05) is 0 Å². The Labute approximate surface area is 61.0 Å². The second-order valence-corrected chi connectivity index (χ2v) is 5.44. The lowest BCUT2D eigenvalue weighted by molar-refractivity contribution is 0.375. The lowest BCUT2D eigenvalue weighted by Crippen LogP contribution is -2.05. The molecule has 0 N–H and O–H groups in total. The van der Waals surface area contributed by atoms with Crippen molar-refractivity contribution >= 4 is 0 Å². The molecule has 6 aliphatic rings. The van der Waals surface area contributed by atoms with Crippen molar-refractivity contribution < 1.29 is 0 Å². The van der Waals surface area contributed by atoms with Gasteiger partial charge in [0.05, 0.1) is 0 Å². The Hall–Kier alpha value is 0. The summed E-state index contributed by atoms with van der Waals surface area (Å²) < 4.78 is 0. The van der Waals surface area contributed by atoms with E-state index in [2.05, 4.69) is 0 Å². The molecule has 6 atom stereocenters. The van der Waals surface area contributed by atoms with Crippen molar-refractivity contribution in [3.05, 3.63) is 0 Å². The zero-order valence-electron chi connectivity index (χ0n) is 6.03. The molecule has 0 aliphatic heterocycles. The van der Waals surface area contributed by atoms with Crippen LogP contribution in [0.15, 0.2) is 0 Å². The first-order valence-electron chi connectivity index (χ1n) is 4.97. The van der Waals surface area contributed by atoms with Gasteiger partial charge in [-0.25, -0.2) is 0 Å². The quantitative estimate of drug-likeness (QED) is 0.471. The van der Waals surface area contributed by atoms with Crippen LogP contribution >= 0.6 is 0 Å². The summed E-state index contributed by atoms with van der Waals surface area (Å²) in [6, 6.07) is 0. The van der Waals surface area contributed by atoms with Gasteiger partial charge >= 0.3 is 0 Å². The van der Waals surface area contributed by atoms with E-state index in [9.17, 15) is 0 Å². The van der Waals surface area contributed by atoms with Crippen LogP contribution < -0.4 is 0 Å². The fourth-order valence-electron chi connectivity index (χ4n) is 5.61. The van der Waals surface area contributed by atoms with Gasteiger partial charge in [0.2, 0.25) is 0 Å². The number of fused-ring (bicyclic) bond motifs is 1. The highest BCUT2D eigenvalue weighted by Gasteiger charge is 2.83. The minimum absolute atomic E-state index is 1.28. The summed E-state index contributed by atoms with van der Waals surface area (Å²) >= 11 is 0. The van der Waals surface area contributed by atoms with Crippen molar-refractivity contribution in [2.75, 3.05) is 0 Å². The average Bonchev–Trinajstić information content (AvgIpc) is 2.72. The molecule has 6 bridgehead atoms. The van der Waals surface area contributed by atoms with Crippen LogP contribution in [0.4, 0.5) is 0 Å². The monoisotopic (exact) mass is 132 g/mol. The van der Waals surface area contributed by atoms with Crippen LogP contribution in [-0.2, 0) is 0 Å². The van der Waals surface area contributed by atoms with E-state index in [0.29, 0.717) is 0 Å². The average molecular weight is 132 g/mol. The highest BCUT2D eigenvalue weighted by Crippen LogP contribution is 2.88. The van der Waals surface area contributed by atoms with Crippen LogP contribution in [0, 0.1) is 47.3 Å². The van der Waals surface area contributed by atoms with Crippen LogP contribution in [0.2, 0.25) is 0 Å². The van der Waals surface area contributed by atoms with E-state index in [0.717, 1.165) is 0 Å². The maximum atomic E-state index is 1.68. The standard InChI is InChI=1S/C10H12/c1-3-4(1)8-5-2-6-9(7(3)5)10(6)8/h3-10H,1-2H2. The first-order chi connectivity index (χ1) is 4.97. The topological polar surface area (TPSA) is 0 Å². The lowest BCUT2D eigenvalue weighted by Gasteiger charge is -2.10. The zero-order valence-corrected chi connectivity index (χ0v) is 6.03. The minimum Gasteiger partial charge on any atom is -0.0465 e. The molecule has 6 aliphatic carbocycles. The van der Waals surface area contributed by atoms with Crippen molar-refractivity contribution in [2.45, 2.75) is 12.8 Å². The number of rotatable bonds is 0. The summed E-state index contributed by atoms with van der Waals surface area (Å²) in [6.07, 6.45) is 3.34. The predicted octanol–water partition coefficient (Wildman–Crippen LogP) is 1.76. The smallest absolute Gasteiger partial charge is 0.0315 e. The zero-order chi connectivity index (χ0) is 6.03. The molecule has 0 aromatic heterocycles. The summed E-state index contributed by atoms with van der Waals surface area (Å²) in [6.45, 7) is 0. The van der Waals surface area contributed by atoms with Crippen LogP contribution in [0.25, 0.3) is 0 Å². The second kappa shape index (κ2) is 0.852. The van der Waals surface area contributed by atoms with Gasteiger partial charge < -0.3 is 0 Å². The Morgan fingerprint density at radius 2 is 1.00 bits per heavy atom. The summed E-state index contributed by atoms with van der Waals surface area (Å²) in [5, 5.41) is 0. The minimum atomic E-state index is 1.28. The predicted molar refractivity (Wildman–Crippen MR) is 37.2 cm³/mol. The molecule has 6 saturated carbocycles. The molecule has 6 rings (SSSR count). The molecule has 0 radical (unpaired) electrons. The highest BCUT2D eigenvalue weighted by molar-refractivity contribution is 5.31. The van der Waals surface area contributed by atoms with Crippen LogP contribution in [0.1, 0.15) is 12.8 Å². The fraction of sp³-hybridized carbons (Fsp3) is 1.00. The molecule has 0 heterocycles. The second-order valence-electron chi connectivity index (χ2n) is 5.44. The number of hydrogen-bond donors (Lipinski definition) is 0. The molecule has 0 nitrogen and oxygen atoms in total. The third kappa shape index (κ3) is 0.202. The van der Waals surface area contributed by atoms with Crippen LogP contribution in [0.3, 0.4) is 0 Å². The maximum Gasteiger partial charge on any atom is -0.0315 e. The van der Waals surface area contributed by atoms with Crippen LogP contribution in [0.5, 0.6) is 0 Å².